The minimum absolute atomic E-state index is 0.0966. The van der Waals surface area contributed by atoms with Gasteiger partial charge in [0.2, 0.25) is 5.13 Å². The van der Waals surface area contributed by atoms with Crippen molar-refractivity contribution in [2.24, 2.45) is 0 Å². The first-order valence-corrected chi connectivity index (χ1v) is 10.9. The van der Waals surface area contributed by atoms with E-state index in [1.165, 1.54) is 4.31 Å². The fraction of sp³-hybridized carbons (Fsp3) is 0.167. The van der Waals surface area contributed by atoms with Gasteiger partial charge in [-0.15, -0.1) is 10.2 Å². The molecule has 146 valence electrons. The van der Waals surface area contributed by atoms with E-state index < -0.39 is 15.9 Å². The Bertz CT molecular complexity index is 1100. The molecular formula is C18H17ClN4O3S2. The van der Waals surface area contributed by atoms with Crippen molar-refractivity contribution in [1.82, 2.24) is 10.2 Å². The number of aromatic nitrogens is 2. The molecule has 0 saturated heterocycles. The Labute approximate surface area is 172 Å². The van der Waals surface area contributed by atoms with Crippen molar-refractivity contribution in [3.63, 3.8) is 0 Å². The Balaban J connectivity index is 1.84. The fourth-order valence-corrected chi connectivity index (χ4v) is 5.21. The summed E-state index contributed by atoms with van der Waals surface area (Å²) in [5, 5.41) is 10.7. The molecule has 0 aliphatic rings. The number of carbonyl (C=O) groups is 1. The SMILES string of the molecule is CCN(c1ccccc1C)S(=O)(=O)c1nnc(NC(=O)c2ccc(Cl)cc2)s1. The Kier molecular flexibility index (Phi) is 5.97. The van der Waals surface area contributed by atoms with Gasteiger partial charge in [-0.25, -0.2) is 0 Å². The second kappa shape index (κ2) is 8.26. The van der Waals surface area contributed by atoms with Gasteiger partial charge in [0, 0.05) is 17.1 Å². The summed E-state index contributed by atoms with van der Waals surface area (Å²) in [7, 11) is -3.90. The molecule has 3 rings (SSSR count). The first-order chi connectivity index (χ1) is 13.3. The van der Waals surface area contributed by atoms with Crippen LogP contribution in [0.2, 0.25) is 5.02 Å². The molecule has 2 aromatic carbocycles. The number of rotatable bonds is 6. The van der Waals surface area contributed by atoms with Crippen molar-refractivity contribution in [2.75, 3.05) is 16.2 Å². The van der Waals surface area contributed by atoms with Crippen molar-refractivity contribution < 1.29 is 13.2 Å². The molecule has 0 saturated carbocycles. The Morgan fingerprint density at radius 2 is 1.82 bits per heavy atom. The summed E-state index contributed by atoms with van der Waals surface area (Å²) in [6.45, 7) is 3.82. The minimum Gasteiger partial charge on any atom is -0.296 e. The molecule has 0 spiro atoms. The number of para-hydroxylation sites is 1. The molecule has 0 aliphatic carbocycles. The maximum Gasteiger partial charge on any atom is 0.293 e. The number of carbonyl (C=O) groups excluding carboxylic acids is 1. The summed E-state index contributed by atoms with van der Waals surface area (Å²) in [5.41, 5.74) is 1.78. The highest BCUT2D eigenvalue weighted by Gasteiger charge is 2.29. The molecule has 10 heteroatoms. The molecule has 1 heterocycles. The third-order valence-corrected chi connectivity index (χ3v) is 7.24. The van der Waals surface area contributed by atoms with E-state index in [0.717, 1.165) is 16.9 Å². The van der Waals surface area contributed by atoms with E-state index in [2.05, 4.69) is 15.5 Å². The Morgan fingerprint density at radius 1 is 1.14 bits per heavy atom. The lowest BCUT2D eigenvalue weighted by Crippen LogP contribution is -2.31. The Hall–Kier alpha value is -2.49. The van der Waals surface area contributed by atoms with E-state index in [1.54, 1.807) is 43.3 Å². The largest absolute Gasteiger partial charge is 0.296 e. The molecule has 3 aromatic rings. The number of sulfonamides is 1. The fourth-order valence-electron chi connectivity index (χ4n) is 2.54. The van der Waals surface area contributed by atoms with Crippen LogP contribution in [-0.2, 0) is 10.0 Å². The van der Waals surface area contributed by atoms with Crippen molar-refractivity contribution in [3.05, 3.63) is 64.7 Å². The molecule has 1 N–H and O–H groups in total. The van der Waals surface area contributed by atoms with Crippen LogP contribution in [-0.4, -0.2) is 31.1 Å². The second-order valence-corrected chi connectivity index (χ2v) is 9.24. The van der Waals surface area contributed by atoms with Gasteiger partial charge in [0.25, 0.3) is 20.3 Å². The summed E-state index contributed by atoms with van der Waals surface area (Å²) in [6, 6.07) is 13.5. The number of anilines is 2. The van der Waals surface area contributed by atoms with E-state index in [0.29, 0.717) is 16.3 Å². The van der Waals surface area contributed by atoms with Crippen molar-refractivity contribution in [1.29, 1.82) is 0 Å². The van der Waals surface area contributed by atoms with Gasteiger partial charge in [-0.1, -0.05) is 41.1 Å². The van der Waals surface area contributed by atoms with E-state index >= 15 is 0 Å². The van der Waals surface area contributed by atoms with Crippen LogP contribution in [0.3, 0.4) is 0 Å². The van der Waals surface area contributed by atoms with Gasteiger partial charge >= 0.3 is 0 Å². The summed E-state index contributed by atoms with van der Waals surface area (Å²) in [6.07, 6.45) is 0. The maximum absolute atomic E-state index is 13.0. The highest BCUT2D eigenvalue weighted by Crippen LogP contribution is 2.29. The van der Waals surface area contributed by atoms with E-state index in [4.69, 9.17) is 11.6 Å². The van der Waals surface area contributed by atoms with Gasteiger partial charge in [0.15, 0.2) is 0 Å². The van der Waals surface area contributed by atoms with Crippen LogP contribution in [0.25, 0.3) is 0 Å². The summed E-state index contributed by atoms with van der Waals surface area (Å²) in [4.78, 5) is 12.3. The van der Waals surface area contributed by atoms with Crippen molar-refractivity contribution in [2.45, 2.75) is 18.2 Å². The molecule has 0 aliphatic heterocycles. The van der Waals surface area contributed by atoms with Gasteiger partial charge in [0.05, 0.1) is 5.69 Å². The molecule has 28 heavy (non-hydrogen) atoms. The van der Waals surface area contributed by atoms with E-state index in [1.807, 2.05) is 19.1 Å². The van der Waals surface area contributed by atoms with Crippen LogP contribution < -0.4 is 9.62 Å². The number of halogens is 1. The molecule has 0 fully saturated rings. The standard InChI is InChI=1S/C18H17ClN4O3S2/c1-3-23(15-7-5-4-6-12(15)2)28(25,26)18-22-21-17(27-18)20-16(24)13-8-10-14(19)11-9-13/h4-11H,3H2,1-2H3,(H,20,21,24). The number of hydrogen-bond donors (Lipinski definition) is 1. The lowest BCUT2D eigenvalue weighted by Gasteiger charge is -2.22. The average molecular weight is 437 g/mol. The predicted molar refractivity (Wildman–Crippen MR) is 111 cm³/mol. The van der Waals surface area contributed by atoms with Gasteiger partial charge in [-0.3, -0.25) is 14.4 Å². The maximum atomic E-state index is 13.0. The first-order valence-electron chi connectivity index (χ1n) is 8.31. The smallest absolute Gasteiger partial charge is 0.293 e. The second-order valence-electron chi connectivity index (χ2n) is 5.79. The topological polar surface area (TPSA) is 92.3 Å². The molecule has 1 aromatic heterocycles. The summed E-state index contributed by atoms with van der Waals surface area (Å²) < 4.78 is 27.1. The van der Waals surface area contributed by atoms with Gasteiger partial charge in [-0.05, 0) is 49.7 Å². The zero-order valence-electron chi connectivity index (χ0n) is 15.1. The lowest BCUT2D eigenvalue weighted by atomic mass is 10.2. The van der Waals surface area contributed by atoms with Crippen LogP contribution in [0, 0.1) is 6.92 Å². The molecule has 0 atom stereocenters. The molecule has 1 amide bonds. The normalized spacial score (nSPS) is 11.2. The van der Waals surface area contributed by atoms with Gasteiger partial charge in [-0.2, -0.15) is 8.42 Å². The van der Waals surface area contributed by atoms with Crippen LogP contribution in [0.4, 0.5) is 10.8 Å². The van der Waals surface area contributed by atoms with Crippen molar-refractivity contribution in [3.8, 4) is 0 Å². The third kappa shape index (κ3) is 4.16. The Morgan fingerprint density at radius 3 is 2.46 bits per heavy atom. The molecule has 0 unspecified atom stereocenters. The molecule has 0 radical (unpaired) electrons. The predicted octanol–water partition coefficient (Wildman–Crippen LogP) is 3.97. The van der Waals surface area contributed by atoms with Crippen molar-refractivity contribution >= 4 is 49.7 Å². The zero-order chi connectivity index (χ0) is 20.3. The van der Waals surface area contributed by atoms with Crippen LogP contribution in [0.1, 0.15) is 22.8 Å². The molecule has 7 nitrogen and oxygen atoms in total. The highest BCUT2D eigenvalue weighted by atomic mass is 35.5. The first kappa shape index (κ1) is 20.2. The van der Waals surface area contributed by atoms with E-state index in [-0.39, 0.29) is 16.0 Å². The number of aryl methyl sites for hydroxylation is 1. The monoisotopic (exact) mass is 436 g/mol. The summed E-state index contributed by atoms with van der Waals surface area (Å²) in [5.74, 6) is -0.428. The summed E-state index contributed by atoms with van der Waals surface area (Å²) >= 11 is 6.61. The van der Waals surface area contributed by atoms with Crippen LogP contribution >= 0.6 is 22.9 Å². The number of amides is 1. The molecular weight excluding hydrogens is 420 g/mol. The highest BCUT2D eigenvalue weighted by molar-refractivity contribution is 7.94. The minimum atomic E-state index is -3.90. The third-order valence-electron chi connectivity index (χ3n) is 3.92. The van der Waals surface area contributed by atoms with Crippen LogP contribution in [0.15, 0.2) is 52.9 Å². The number of nitrogens with one attached hydrogen (secondary N) is 1. The number of benzene rings is 2. The zero-order valence-corrected chi connectivity index (χ0v) is 17.5. The average Bonchev–Trinajstić information content (AvgIpc) is 3.13. The van der Waals surface area contributed by atoms with Gasteiger partial charge in [0.1, 0.15) is 0 Å². The van der Waals surface area contributed by atoms with Crippen LogP contribution in [0.5, 0.6) is 0 Å². The lowest BCUT2D eigenvalue weighted by molar-refractivity contribution is 0.102. The van der Waals surface area contributed by atoms with Gasteiger partial charge < -0.3 is 0 Å². The quantitative estimate of drug-likeness (QED) is 0.590. The number of nitrogens with zero attached hydrogens (tertiary/aromatic N) is 3. The molecule has 0 bridgehead atoms. The number of hydrogen-bond acceptors (Lipinski definition) is 6. The van der Waals surface area contributed by atoms with E-state index in [9.17, 15) is 13.2 Å².